The zero-order valence-corrected chi connectivity index (χ0v) is 15.0. The second-order valence-electron chi connectivity index (χ2n) is 6.80. The highest BCUT2D eigenvalue weighted by Crippen LogP contribution is 2.21. The van der Waals surface area contributed by atoms with Crippen LogP contribution in [0.15, 0.2) is 36.8 Å². The number of unbranched alkanes of at least 4 members (excludes halogenated alkanes) is 1. The molecular formula is C19H22N6O2. The lowest BCUT2D eigenvalue weighted by molar-refractivity contribution is 0.0649. The molecule has 4 rings (SSSR count). The van der Waals surface area contributed by atoms with Gasteiger partial charge in [0.2, 0.25) is 5.95 Å². The van der Waals surface area contributed by atoms with E-state index in [1.807, 2.05) is 6.07 Å². The Morgan fingerprint density at radius 2 is 1.85 bits per heavy atom. The molecule has 8 heteroatoms. The third kappa shape index (κ3) is 3.66. The van der Waals surface area contributed by atoms with Gasteiger partial charge in [-0.15, -0.1) is 0 Å². The molecule has 1 saturated heterocycles. The van der Waals surface area contributed by atoms with Crippen molar-refractivity contribution in [3.63, 3.8) is 0 Å². The Kier molecular flexibility index (Phi) is 5.06. The van der Waals surface area contributed by atoms with Crippen molar-refractivity contribution in [2.45, 2.75) is 25.3 Å². The highest BCUT2D eigenvalue weighted by atomic mass is 16.2. The van der Waals surface area contributed by atoms with E-state index < -0.39 is 0 Å². The molecule has 2 aromatic heterocycles. The number of nitrogens with one attached hydrogen (secondary N) is 1. The van der Waals surface area contributed by atoms with Crippen LogP contribution >= 0.6 is 0 Å². The number of pyridine rings is 1. The van der Waals surface area contributed by atoms with Gasteiger partial charge in [0.1, 0.15) is 5.69 Å². The summed E-state index contributed by atoms with van der Waals surface area (Å²) in [6.45, 7) is 3.09. The molecule has 0 aliphatic carbocycles. The van der Waals surface area contributed by atoms with E-state index in [9.17, 15) is 9.59 Å². The molecule has 1 unspecified atom stereocenters. The molecule has 2 aliphatic rings. The fourth-order valence-corrected chi connectivity index (χ4v) is 3.63. The van der Waals surface area contributed by atoms with Crippen molar-refractivity contribution in [2.75, 3.05) is 31.1 Å². The second-order valence-corrected chi connectivity index (χ2v) is 6.80. The smallest absolute Gasteiger partial charge is 0.280 e. The molecule has 2 amide bonds. The molecule has 140 valence electrons. The Morgan fingerprint density at radius 1 is 1.04 bits per heavy atom. The Balaban J connectivity index is 1.25. The summed E-state index contributed by atoms with van der Waals surface area (Å²) < 4.78 is 0. The number of carbonyl (C=O) groups is 2. The van der Waals surface area contributed by atoms with Gasteiger partial charge in [-0.2, -0.15) is 0 Å². The van der Waals surface area contributed by atoms with Crippen molar-refractivity contribution in [1.29, 1.82) is 0 Å². The van der Waals surface area contributed by atoms with Crippen LogP contribution in [0.3, 0.4) is 0 Å². The molecule has 1 atom stereocenters. The van der Waals surface area contributed by atoms with Crippen molar-refractivity contribution < 1.29 is 9.59 Å². The van der Waals surface area contributed by atoms with Crippen molar-refractivity contribution in [2.24, 2.45) is 0 Å². The van der Waals surface area contributed by atoms with Crippen LogP contribution in [0, 0.1) is 0 Å². The quantitative estimate of drug-likeness (QED) is 0.605. The summed E-state index contributed by atoms with van der Waals surface area (Å²) in [6, 6.07) is 5.52. The first kappa shape index (κ1) is 17.5. The minimum atomic E-state index is -0.279. The van der Waals surface area contributed by atoms with Gasteiger partial charge in [0, 0.05) is 50.8 Å². The van der Waals surface area contributed by atoms with Gasteiger partial charge < -0.3 is 10.2 Å². The van der Waals surface area contributed by atoms with Crippen molar-refractivity contribution in [3.8, 4) is 0 Å². The number of anilines is 1. The molecule has 4 heterocycles. The largest absolute Gasteiger partial charge is 0.338 e. The summed E-state index contributed by atoms with van der Waals surface area (Å²) in [5.74, 6) is 0.257. The van der Waals surface area contributed by atoms with Gasteiger partial charge in [-0.1, -0.05) is 6.42 Å². The monoisotopic (exact) mass is 366 g/mol. The number of rotatable bonds is 6. The molecule has 0 radical (unpaired) electrons. The van der Waals surface area contributed by atoms with Gasteiger partial charge in [-0.3, -0.25) is 19.5 Å². The van der Waals surface area contributed by atoms with Gasteiger partial charge in [0.15, 0.2) is 0 Å². The average molecular weight is 366 g/mol. The number of nitrogens with zero attached hydrogens (tertiary/aromatic N) is 5. The van der Waals surface area contributed by atoms with Crippen molar-refractivity contribution in [3.05, 3.63) is 48.0 Å². The van der Waals surface area contributed by atoms with Crippen LogP contribution in [0.5, 0.6) is 0 Å². The fraction of sp³-hybridized carbons (Fsp3) is 0.421. The van der Waals surface area contributed by atoms with E-state index in [0.29, 0.717) is 18.2 Å². The Bertz CT molecular complexity index is 793. The Labute approximate surface area is 157 Å². The fourth-order valence-electron chi connectivity index (χ4n) is 3.63. The first-order chi connectivity index (χ1) is 13.2. The predicted molar refractivity (Wildman–Crippen MR) is 99.5 cm³/mol. The van der Waals surface area contributed by atoms with Gasteiger partial charge in [0.25, 0.3) is 11.8 Å². The van der Waals surface area contributed by atoms with E-state index in [4.69, 9.17) is 0 Å². The first-order valence-corrected chi connectivity index (χ1v) is 9.30. The maximum absolute atomic E-state index is 12.3. The lowest BCUT2D eigenvalue weighted by Crippen LogP contribution is -2.51. The number of carbonyl (C=O) groups excluding carboxylic acids is 2. The molecule has 0 saturated carbocycles. The summed E-state index contributed by atoms with van der Waals surface area (Å²) >= 11 is 0. The van der Waals surface area contributed by atoms with Gasteiger partial charge in [-0.25, -0.2) is 9.97 Å². The molecule has 8 nitrogen and oxygen atoms in total. The van der Waals surface area contributed by atoms with Crippen LogP contribution in [-0.2, 0) is 0 Å². The summed E-state index contributed by atoms with van der Waals surface area (Å²) in [5.41, 5.74) is 0.685. The maximum Gasteiger partial charge on any atom is 0.280 e. The van der Waals surface area contributed by atoms with E-state index >= 15 is 0 Å². The number of amides is 2. The topological polar surface area (TPSA) is 91.3 Å². The number of fused-ring (bicyclic) bond motifs is 1. The van der Waals surface area contributed by atoms with E-state index in [2.05, 4.69) is 25.2 Å². The van der Waals surface area contributed by atoms with E-state index in [-0.39, 0.29) is 17.5 Å². The molecular weight excluding hydrogens is 344 g/mol. The number of aromatic nitrogens is 3. The number of piperazine rings is 1. The third-order valence-corrected chi connectivity index (χ3v) is 5.01. The predicted octanol–water partition coefficient (Wildman–Crippen LogP) is 1.12. The lowest BCUT2D eigenvalue weighted by Gasteiger charge is -2.33. The van der Waals surface area contributed by atoms with E-state index in [1.165, 1.54) is 4.90 Å². The summed E-state index contributed by atoms with van der Waals surface area (Å²) in [4.78, 5) is 40.8. The molecule has 27 heavy (non-hydrogen) atoms. The van der Waals surface area contributed by atoms with Gasteiger partial charge in [-0.05, 0) is 31.0 Å². The summed E-state index contributed by atoms with van der Waals surface area (Å²) in [7, 11) is 0. The lowest BCUT2D eigenvalue weighted by atomic mass is 10.1. The zero-order valence-electron chi connectivity index (χ0n) is 15.0. The SMILES string of the molecule is O=C1c2cccnc2C(=O)N1CCCCC1CN(c2ncccn2)CCN1. The molecule has 2 aliphatic heterocycles. The van der Waals surface area contributed by atoms with Crippen LogP contribution < -0.4 is 10.2 Å². The van der Waals surface area contributed by atoms with Crippen molar-refractivity contribution >= 4 is 17.8 Å². The minimum Gasteiger partial charge on any atom is -0.338 e. The van der Waals surface area contributed by atoms with Gasteiger partial charge >= 0.3 is 0 Å². The molecule has 1 N–H and O–H groups in total. The van der Waals surface area contributed by atoms with Crippen LogP contribution in [0.1, 0.15) is 40.1 Å². The zero-order chi connectivity index (χ0) is 18.6. The van der Waals surface area contributed by atoms with E-state index in [0.717, 1.165) is 44.8 Å². The normalized spacial score (nSPS) is 19.5. The summed E-state index contributed by atoms with van der Waals surface area (Å²) in [5, 5.41) is 3.52. The minimum absolute atomic E-state index is 0.230. The van der Waals surface area contributed by atoms with Gasteiger partial charge in [0.05, 0.1) is 5.56 Å². The molecule has 0 spiro atoms. The van der Waals surface area contributed by atoms with Crippen LogP contribution in [0.4, 0.5) is 5.95 Å². The molecule has 0 bridgehead atoms. The second kappa shape index (κ2) is 7.79. The maximum atomic E-state index is 12.3. The Morgan fingerprint density at radius 3 is 2.67 bits per heavy atom. The first-order valence-electron chi connectivity index (χ1n) is 9.30. The summed E-state index contributed by atoms with van der Waals surface area (Å²) in [6.07, 6.45) is 7.76. The average Bonchev–Trinajstić information content (AvgIpc) is 2.97. The number of hydrogen-bond acceptors (Lipinski definition) is 7. The number of imide groups is 1. The third-order valence-electron chi connectivity index (χ3n) is 5.01. The highest BCUT2D eigenvalue weighted by Gasteiger charge is 2.36. The highest BCUT2D eigenvalue weighted by molar-refractivity contribution is 6.20. The Hall–Kier alpha value is -2.87. The van der Waals surface area contributed by atoms with Crippen LogP contribution in [0.25, 0.3) is 0 Å². The molecule has 1 fully saturated rings. The van der Waals surface area contributed by atoms with Crippen LogP contribution in [0.2, 0.25) is 0 Å². The van der Waals surface area contributed by atoms with E-state index in [1.54, 1.807) is 30.7 Å². The number of hydrogen-bond donors (Lipinski definition) is 1. The van der Waals surface area contributed by atoms with Crippen LogP contribution in [-0.4, -0.2) is 63.9 Å². The van der Waals surface area contributed by atoms with Crippen molar-refractivity contribution in [1.82, 2.24) is 25.2 Å². The molecule has 0 aromatic carbocycles. The molecule has 2 aromatic rings. The standard InChI is InChI=1S/C19H22N6O2/c26-17-15-6-3-7-21-16(15)18(27)25(17)11-2-1-5-14-13-24(12-10-20-14)19-22-8-4-9-23-19/h3-4,6-9,14,20H,1-2,5,10-13H2.